The first kappa shape index (κ1) is 10.3. The molecule has 0 unspecified atom stereocenters. The van der Waals surface area contributed by atoms with Gasteiger partial charge in [0.25, 0.3) is 0 Å². The number of rotatable bonds is 2. The number of carbonyl (C=O) groups is 1. The molecule has 0 heterocycles. The van der Waals surface area contributed by atoms with E-state index >= 15 is 0 Å². The number of carboxylic acid groups (broad SMARTS) is 1. The number of carboxylic acids is 1. The maximum atomic E-state index is 10.8. The van der Waals surface area contributed by atoms with Crippen LogP contribution in [0.2, 0.25) is 0 Å². The molecule has 0 amide bonds. The number of phenols is 2. The normalized spacial score (nSPS) is 14.7. The van der Waals surface area contributed by atoms with Crippen molar-refractivity contribution in [3.8, 4) is 11.5 Å². The lowest BCUT2D eigenvalue weighted by atomic mass is 9.92. The molecule has 0 aromatic heterocycles. The van der Waals surface area contributed by atoms with Crippen LogP contribution in [0.15, 0.2) is 18.2 Å². The SMILES string of the molecule is C[C@@](N)(C(=O)O)c1cc(O)ccc1O. The third-order valence-electron chi connectivity index (χ3n) is 1.98. The standard InChI is InChI=1S/C9H11NO4/c1-9(10,8(13)14)6-4-5(11)2-3-7(6)12/h2-4,11-12H,10H2,1H3,(H,13,14)/t9-/m0/s1. The maximum absolute atomic E-state index is 10.8. The molecular formula is C9H11NO4. The number of aliphatic carboxylic acids is 1. The highest BCUT2D eigenvalue weighted by atomic mass is 16.4. The molecule has 1 rings (SSSR count). The highest BCUT2D eigenvalue weighted by Crippen LogP contribution is 2.30. The van der Waals surface area contributed by atoms with Crippen LogP contribution in [-0.2, 0) is 10.3 Å². The van der Waals surface area contributed by atoms with Crippen LogP contribution in [0.5, 0.6) is 11.5 Å². The quantitative estimate of drug-likeness (QED) is 0.512. The van der Waals surface area contributed by atoms with Crippen molar-refractivity contribution in [3.05, 3.63) is 23.8 Å². The van der Waals surface area contributed by atoms with Gasteiger partial charge in [-0.1, -0.05) is 0 Å². The highest BCUT2D eigenvalue weighted by Gasteiger charge is 2.33. The van der Waals surface area contributed by atoms with Gasteiger partial charge in [-0.2, -0.15) is 0 Å². The summed E-state index contributed by atoms with van der Waals surface area (Å²) >= 11 is 0. The van der Waals surface area contributed by atoms with Gasteiger partial charge in [0.05, 0.1) is 0 Å². The fourth-order valence-corrected chi connectivity index (χ4v) is 1.06. The van der Waals surface area contributed by atoms with Crippen LogP contribution >= 0.6 is 0 Å². The minimum atomic E-state index is -1.72. The number of phenolic OH excluding ortho intramolecular Hbond substituents is 2. The lowest BCUT2D eigenvalue weighted by molar-refractivity contribution is -0.143. The summed E-state index contributed by atoms with van der Waals surface area (Å²) in [5, 5.41) is 27.3. The molecule has 1 aromatic rings. The van der Waals surface area contributed by atoms with Crippen molar-refractivity contribution in [3.63, 3.8) is 0 Å². The number of hydrogen-bond donors (Lipinski definition) is 4. The molecule has 76 valence electrons. The van der Waals surface area contributed by atoms with Gasteiger partial charge in [0.2, 0.25) is 0 Å². The fourth-order valence-electron chi connectivity index (χ4n) is 1.06. The van der Waals surface area contributed by atoms with E-state index in [0.717, 1.165) is 6.07 Å². The second-order valence-electron chi connectivity index (χ2n) is 3.21. The number of benzene rings is 1. The molecule has 5 N–H and O–H groups in total. The van der Waals surface area contributed by atoms with Crippen LogP contribution in [0.1, 0.15) is 12.5 Å². The van der Waals surface area contributed by atoms with Gasteiger partial charge in [-0.15, -0.1) is 0 Å². The summed E-state index contributed by atoms with van der Waals surface area (Å²) in [7, 11) is 0. The fraction of sp³-hybridized carbons (Fsp3) is 0.222. The van der Waals surface area contributed by atoms with Gasteiger partial charge in [0.15, 0.2) is 0 Å². The number of aromatic hydroxyl groups is 2. The Morgan fingerprint density at radius 1 is 1.43 bits per heavy atom. The summed E-state index contributed by atoms with van der Waals surface area (Å²) in [5.74, 6) is -1.68. The monoisotopic (exact) mass is 197 g/mol. The third-order valence-corrected chi connectivity index (χ3v) is 1.98. The van der Waals surface area contributed by atoms with Gasteiger partial charge in [0, 0.05) is 5.56 Å². The predicted octanol–water partition coefficient (Wildman–Crippen LogP) is 0.356. The largest absolute Gasteiger partial charge is 0.508 e. The lowest BCUT2D eigenvalue weighted by Crippen LogP contribution is -2.41. The number of hydrogen-bond acceptors (Lipinski definition) is 4. The molecule has 0 aliphatic carbocycles. The van der Waals surface area contributed by atoms with Gasteiger partial charge in [0.1, 0.15) is 17.0 Å². The van der Waals surface area contributed by atoms with E-state index in [0.29, 0.717) is 0 Å². The molecule has 1 aromatic carbocycles. The molecule has 0 saturated heterocycles. The first-order valence-corrected chi connectivity index (χ1v) is 3.90. The van der Waals surface area contributed by atoms with Crippen molar-refractivity contribution in [1.82, 2.24) is 0 Å². The van der Waals surface area contributed by atoms with Crippen molar-refractivity contribution >= 4 is 5.97 Å². The molecule has 0 aliphatic heterocycles. The molecule has 0 fully saturated rings. The van der Waals surface area contributed by atoms with E-state index in [1.165, 1.54) is 19.1 Å². The van der Waals surface area contributed by atoms with Gasteiger partial charge in [-0.3, -0.25) is 0 Å². The molecule has 0 saturated carbocycles. The highest BCUT2D eigenvalue weighted by molar-refractivity contribution is 5.81. The molecule has 5 heteroatoms. The van der Waals surface area contributed by atoms with E-state index in [-0.39, 0.29) is 17.1 Å². The predicted molar refractivity (Wildman–Crippen MR) is 48.9 cm³/mol. The Morgan fingerprint density at radius 3 is 2.50 bits per heavy atom. The minimum Gasteiger partial charge on any atom is -0.508 e. The van der Waals surface area contributed by atoms with E-state index in [1.807, 2.05) is 0 Å². The third kappa shape index (κ3) is 1.62. The van der Waals surface area contributed by atoms with Gasteiger partial charge in [-0.25, -0.2) is 4.79 Å². The van der Waals surface area contributed by atoms with E-state index in [2.05, 4.69) is 0 Å². The molecule has 14 heavy (non-hydrogen) atoms. The van der Waals surface area contributed by atoms with Crippen molar-refractivity contribution in [2.45, 2.75) is 12.5 Å². The Labute approximate surface area is 80.4 Å². The molecule has 0 radical (unpaired) electrons. The summed E-state index contributed by atoms with van der Waals surface area (Å²) in [6, 6.07) is 3.57. The molecular weight excluding hydrogens is 186 g/mol. The molecule has 0 spiro atoms. The van der Waals surface area contributed by atoms with Crippen LogP contribution in [0.25, 0.3) is 0 Å². The summed E-state index contributed by atoms with van der Waals surface area (Å²) in [4.78, 5) is 10.8. The second-order valence-corrected chi connectivity index (χ2v) is 3.21. The Bertz CT molecular complexity index is 373. The van der Waals surface area contributed by atoms with Gasteiger partial charge in [-0.05, 0) is 25.1 Å². The first-order chi connectivity index (χ1) is 6.35. The zero-order chi connectivity index (χ0) is 10.9. The van der Waals surface area contributed by atoms with Crippen molar-refractivity contribution < 1.29 is 20.1 Å². The molecule has 0 bridgehead atoms. The van der Waals surface area contributed by atoms with E-state index < -0.39 is 11.5 Å². The minimum absolute atomic E-state index is 0.0231. The average molecular weight is 197 g/mol. The van der Waals surface area contributed by atoms with Crippen LogP contribution < -0.4 is 5.73 Å². The molecule has 0 aliphatic rings. The summed E-state index contributed by atoms with van der Waals surface area (Å²) in [6.45, 7) is 1.24. The maximum Gasteiger partial charge on any atom is 0.328 e. The van der Waals surface area contributed by atoms with E-state index in [1.54, 1.807) is 0 Å². The van der Waals surface area contributed by atoms with E-state index in [4.69, 9.17) is 15.9 Å². The lowest BCUT2D eigenvalue weighted by Gasteiger charge is -2.20. The van der Waals surface area contributed by atoms with Crippen LogP contribution in [0.4, 0.5) is 0 Å². The summed E-state index contributed by atoms with van der Waals surface area (Å²) in [5.41, 5.74) is 3.74. The van der Waals surface area contributed by atoms with Crippen molar-refractivity contribution in [1.29, 1.82) is 0 Å². The van der Waals surface area contributed by atoms with Crippen LogP contribution in [-0.4, -0.2) is 21.3 Å². The van der Waals surface area contributed by atoms with Crippen molar-refractivity contribution in [2.24, 2.45) is 5.73 Å². The van der Waals surface area contributed by atoms with Gasteiger partial charge < -0.3 is 21.1 Å². The Hall–Kier alpha value is -1.75. The topological polar surface area (TPSA) is 104 Å². The second kappa shape index (κ2) is 3.19. The zero-order valence-corrected chi connectivity index (χ0v) is 7.56. The Balaban J connectivity index is 3.31. The van der Waals surface area contributed by atoms with Crippen LogP contribution in [0.3, 0.4) is 0 Å². The molecule has 1 atom stereocenters. The van der Waals surface area contributed by atoms with E-state index in [9.17, 15) is 9.90 Å². The van der Waals surface area contributed by atoms with Crippen molar-refractivity contribution in [2.75, 3.05) is 0 Å². The van der Waals surface area contributed by atoms with Crippen LogP contribution in [0, 0.1) is 0 Å². The zero-order valence-electron chi connectivity index (χ0n) is 7.56. The summed E-state index contributed by atoms with van der Waals surface area (Å²) < 4.78 is 0. The Morgan fingerprint density at radius 2 is 2.00 bits per heavy atom. The Kier molecular flexibility index (Phi) is 2.35. The summed E-state index contributed by atoms with van der Waals surface area (Å²) in [6.07, 6.45) is 0. The number of nitrogens with two attached hydrogens (primary N) is 1. The smallest absolute Gasteiger partial charge is 0.328 e. The first-order valence-electron chi connectivity index (χ1n) is 3.90. The molecule has 5 nitrogen and oxygen atoms in total. The van der Waals surface area contributed by atoms with Gasteiger partial charge >= 0.3 is 5.97 Å². The average Bonchev–Trinajstić information content (AvgIpc) is 2.08.